The van der Waals surface area contributed by atoms with Gasteiger partial charge in [0.25, 0.3) is 11.2 Å². The molecule has 0 fully saturated rings. The topological polar surface area (TPSA) is 115 Å². The van der Waals surface area contributed by atoms with Gasteiger partial charge in [0, 0.05) is 23.1 Å². The van der Waals surface area contributed by atoms with Crippen LogP contribution in [0.4, 0.5) is 5.69 Å². The molecule has 0 saturated heterocycles. The Morgan fingerprint density at radius 3 is 2.66 bits per heavy atom. The van der Waals surface area contributed by atoms with E-state index in [1.165, 1.54) is 46.5 Å². The van der Waals surface area contributed by atoms with Crippen molar-refractivity contribution in [2.75, 3.05) is 0 Å². The fourth-order valence-corrected chi connectivity index (χ4v) is 3.96. The van der Waals surface area contributed by atoms with E-state index in [2.05, 4.69) is 4.98 Å². The fourth-order valence-electron chi connectivity index (χ4n) is 3.05. The number of nitro benzene ring substituents is 1. The maximum Gasteiger partial charge on any atom is 0.335 e. The molecule has 2 aromatic heterocycles. The van der Waals surface area contributed by atoms with E-state index in [0.717, 1.165) is 0 Å². The quantitative estimate of drug-likeness (QED) is 0.398. The first-order valence-electron chi connectivity index (χ1n) is 8.48. The Kier molecular flexibility index (Phi) is 4.65. The third-order valence-corrected chi connectivity index (χ3v) is 5.36. The minimum absolute atomic E-state index is 0.0258. The Bertz CT molecular complexity index is 1310. The van der Waals surface area contributed by atoms with Crippen LogP contribution in [-0.2, 0) is 6.54 Å². The lowest BCUT2D eigenvalue weighted by Gasteiger charge is -2.07. The lowest BCUT2D eigenvalue weighted by molar-refractivity contribution is -0.384. The summed E-state index contributed by atoms with van der Waals surface area (Å²) >= 11 is 1.32. The zero-order valence-electron chi connectivity index (χ0n) is 14.8. The molecule has 4 rings (SSSR count). The summed E-state index contributed by atoms with van der Waals surface area (Å²) in [5, 5.41) is 22.2. The zero-order valence-corrected chi connectivity index (χ0v) is 15.6. The molecule has 8 nitrogen and oxygen atoms in total. The summed E-state index contributed by atoms with van der Waals surface area (Å²) < 4.78 is 1.42. The molecule has 0 aliphatic heterocycles. The van der Waals surface area contributed by atoms with Gasteiger partial charge in [-0.3, -0.25) is 19.5 Å². The predicted octanol–water partition coefficient (Wildman–Crippen LogP) is 3.78. The molecule has 0 unspecified atom stereocenters. The normalized spacial score (nSPS) is 10.9. The van der Waals surface area contributed by atoms with E-state index < -0.39 is 10.9 Å². The number of carboxylic acids is 1. The monoisotopic (exact) mass is 407 g/mol. The van der Waals surface area contributed by atoms with Gasteiger partial charge in [-0.25, -0.2) is 9.78 Å². The number of hydrogen-bond donors (Lipinski definition) is 1. The van der Waals surface area contributed by atoms with Crippen LogP contribution in [0.3, 0.4) is 0 Å². The number of nitro groups is 1. The summed E-state index contributed by atoms with van der Waals surface area (Å²) in [6, 6.07) is 12.4. The van der Waals surface area contributed by atoms with Crippen LogP contribution < -0.4 is 5.56 Å². The van der Waals surface area contributed by atoms with Gasteiger partial charge in [0.15, 0.2) is 0 Å². The summed E-state index contributed by atoms with van der Waals surface area (Å²) in [7, 11) is 0. The number of benzene rings is 2. The fraction of sp³-hybridized carbons (Fsp3) is 0.0500. The van der Waals surface area contributed by atoms with E-state index in [1.54, 1.807) is 29.6 Å². The van der Waals surface area contributed by atoms with Crippen LogP contribution in [-0.4, -0.2) is 25.6 Å². The molecule has 0 aliphatic carbocycles. The highest BCUT2D eigenvalue weighted by Gasteiger charge is 2.15. The molecule has 29 heavy (non-hydrogen) atoms. The van der Waals surface area contributed by atoms with Gasteiger partial charge in [0.2, 0.25) is 0 Å². The van der Waals surface area contributed by atoms with Gasteiger partial charge in [0.1, 0.15) is 4.83 Å². The van der Waals surface area contributed by atoms with Crippen molar-refractivity contribution in [2.45, 2.75) is 6.54 Å². The van der Waals surface area contributed by atoms with Crippen molar-refractivity contribution >= 4 is 33.2 Å². The number of nitrogens with zero attached hydrogens (tertiary/aromatic N) is 3. The molecule has 2 aromatic carbocycles. The van der Waals surface area contributed by atoms with E-state index in [9.17, 15) is 19.7 Å². The van der Waals surface area contributed by atoms with E-state index in [1.807, 2.05) is 0 Å². The third-order valence-electron chi connectivity index (χ3n) is 4.48. The number of fused-ring (bicyclic) bond motifs is 1. The van der Waals surface area contributed by atoms with E-state index in [4.69, 9.17) is 5.11 Å². The number of carboxylic acid groups (broad SMARTS) is 1. The number of carbonyl (C=O) groups is 1. The highest BCUT2D eigenvalue weighted by atomic mass is 32.1. The van der Waals surface area contributed by atoms with Crippen LogP contribution >= 0.6 is 11.3 Å². The number of rotatable bonds is 5. The van der Waals surface area contributed by atoms with Crippen LogP contribution in [0.5, 0.6) is 0 Å². The molecule has 0 atom stereocenters. The Morgan fingerprint density at radius 2 is 1.97 bits per heavy atom. The third kappa shape index (κ3) is 3.50. The van der Waals surface area contributed by atoms with Gasteiger partial charge < -0.3 is 5.11 Å². The van der Waals surface area contributed by atoms with Gasteiger partial charge in [0.05, 0.1) is 28.7 Å². The van der Waals surface area contributed by atoms with E-state index in [-0.39, 0.29) is 23.4 Å². The average molecular weight is 407 g/mol. The first-order valence-corrected chi connectivity index (χ1v) is 9.35. The molecule has 144 valence electrons. The molecule has 0 radical (unpaired) electrons. The minimum Gasteiger partial charge on any atom is -0.478 e. The Hall–Kier alpha value is -3.85. The van der Waals surface area contributed by atoms with Crippen LogP contribution in [0.1, 0.15) is 15.9 Å². The van der Waals surface area contributed by atoms with Gasteiger partial charge >= 0.3 is 5.97 Å². The van der Waals surface area contributed by atoms with Gasteiger partial charge in [-0.15, -0.1) is 11.3 Å². The van der Waals surface area contributed by atoms with Crippen molar-refractivity contribution in [1.29, 1.82) is 0 Å². The smallest absolute Gasteiger partial charge is 0.335 e. The lowest BCUT2D eigenvalue weighted by atomic mass is 10.1. The SMILES string of the molecule is O=C(O)c1cccc(Cn2cnc3scc(-c4ccc([N+](=O)[O-])cc4)c3c2=O)c1. The predicted molar refractivity (Wildman–Crippen MR) is 108 cm³/mol. The second kappa shape index (κ2) is 7.28. The number of thiophene rings is 1. The van der Waals surface area contributed by atoms with Crippen molar-refractivity contribution in [3.63, 3.8) is 0 Å². The summed E-state index contributed by atoms with van der Waals surface area (Å²) in [5.74, 6) is -1.04. The maximum absolute atomic E-state index is 13.1. The van der Waals surface area contributed by atoms with E-state index >= 15 is 0 Å². The van der Waals surface area contributed by atoms with Gasteiger partial charge in [-0.2, -0.15) is 0 Å². The first-order chi connectivity index (χ1) is 13.9. The molecule has 0 aliphatic rings. The van der Waals surface area contributed by atoms with Gasteiger partial charge in [-0.1, -0.05) is 12.1 Å². The highest BCUT2D eigenvalue weighted by molar-refractivity contribution is 7.17. The summed E-state index contributed by atoms with van der Waals surface area (Å²) in [6.07, 6.45) is 1.44. The molecule has 9 heteroatoms. The molecule has 2 heterocycles. The zero-order chi connectivity index (χ0) is 20.5. The molecule has 0 saturated carbocycles. The van der Waals surface area contributed by atoms with Crippen LogP contribution in [0.15, 0.2) is 65.0 Å². The Morgan fingerprint density at radius 1 is 1.21 bits per heavy atom. The molecular formula is C20H13N3O5S. The lowest BCUT2D eigenvalue weighted by Crippen LogP contribution is -2.21. The maximum atomic E-state index is 13.1. The number of non-ortho nitro benzene ring substituents is 1. The second-order valence-electron chi connectivity index (χ2n) is 6.32. The largest absolute Gasteiger partial charge is 0.478 e. The van der Waals surface area contributed by atoms with Crippen molar-refractivity contribution in [1.82, 2.24) is 9.55 Å². The molecule has 1 N–H and O–H groups in total. The van der Waals surface area contributed by atoms with Crippen molar-refractivity contribution < 1.29 is 14.8 Å². The molecule has 0 amide bonds. The highest BCUT2D eigenvalue weighted by Crippen LogP contribution is 2.31. The number of aromatic carboxylic acids is 1. The molecule has 4 aromatic rings. The summed E-state index contributed by atoms with van der Waals surface area (Å²) in [4.78, 5) is 39.5. The van der Waals surface area contributed by atoms with Gasteiger partial charge in [-0.05, 0) is 35.4 Å². The first kappa shape index (κ1) is 18.5. The summed E-state index contributed by atoms with van der Waals surface area (Å²) in [6.45, 7) is 0.179. The standard InChI is InChI=1S/C20H13N3O5S/c24-19-17-16(13-4-6-15(7-5-13)23(27)28)10-29-18(17)21-11-22(19)9-12-2-1-3-14(8-12)20(25)26/h1-8,10-11H,9H2,(H,25,26). The van der Waals surface area contributed by atoms with Crippen molar-refractivity contribution in [3.05, 3.63) is 91.8 Å². The second-order valence-corrected chi connectivity index (χ2v) is 7.17. The van der Waals surface area contributed by atoms with Crippen LogP contribution in [0.25, 0.3) is 21.3 Å². The van der Waals surface area contributed by atoms with Crippen LogP contribution in [0, 0.1) is 10.1 Å². The van der Waals surface area contributed by atoms with Crippen molar-refractivity contribution in [2.24, 2.45) is 0 Å². The van der Waals surface area contributed by atoms with Crippen molar-refractivity contribution in [3.8, 4) is 11.1 Å². The minimum atomic E-state index is -1.04. The molecular weight excluding hydrogens is 394 g/mol. The number of hydrogen-bond acceptors (Lipinski definition) is 6. The molecule has 0 spiro atoms. The molecule has 0 bridgehead atoms. The average Bonchev–Trinajstić information content (AvgIpc) is 3.15. The van der Waals surface area contributed by atoms with Crippen LogP contribution in [0.2, 0.25) is 0 Å². The Balaban J connectivity index is 1.77. The summed E-state index contributed by atoms with van der Waals surface area (Å²) in [5.41, 5.74) is 1.87. The Labute approximate surface area is 167 Å². The van der Waals surface area contributed by atoms with E-state index in [0.29, 0.717) is 26.9 Å². The number of aromatic nitrogens is 2.